The minimum Gasteiger partial charge on any atom is -0.355 e. The molecule has 0 fully saturated rings. The van der Waals surface area contributed by atoms with Gasteiger partial charge in [-0.15, -0.1) is 0 Å². The lowest BCUT2D eigenvalue weighted by molar-refractivity contribution is 0.765. The fourth-order valence-electron chi connectivity index (χ4n) is 2.13. The fourth-order valence-corrected chi connectivity index (χ4v) is 2.31. The van der Waals surface area contributed by atoms with E-state index >= 15 is 0 Å². The van der Waals surface area contributed by atoms with E-state index in [0.717, 1.165) is 42.2 Å². The molecule has 0 unspecified atom stereocenters. The van der Waals surface area contributed by atoms with Crippen molar-refractivity contribution in [2.75, 3.05) is 11.9 Å². The predicted octanol–water partition coefficient (Wildman–Crippen LogP) is 2.76. The van der Waals surface area contributed by atoms with Crippen molar-refractivity contribution in [1.29, 1.82) is 0 Å². The molecular formula is C14H20ClN5. The van der Waals surface area contributed by atoms with Crippen LogP contribution in [0, 0.1) is 6.92 Å². The summed E-state index contributed by atoms with van der Waals surface area (Å²) < 4.78 is 1.80. The highest BCUT2D eigenvalue weighted by atomic mass is 35.5. The molecule has 5 nitrogen and oxygen atoms in total. The maximum absolute atomic E-state index is 6.21. The van der Waals surface area contributed by atoms with Crippen LogP contribution in [-0.2, 0) is 20.0 Å². The van der Waals surface area contributed by atoms with Crippen molar-refractivity contribution >= 4 is 17.4 Å². The summed E-state index contributed by atoms with van der Waals surface area (Å²) in [5, 5.41) is 4.72. The van der Waals surface area contributed by atoms with Crippen molar-refractivity contribution in [2.24, 2.45) is 7.05 Å². The van der Waals surface area contributed by atoms with Gasteiger partial charge in [-0.2, -0.15) is 5.10 Å². The van der Waals surface area contributed by atoms with Gasteiger partial charge >= 0.3 is 0 Å². The van der Waals surface area contributed by atoms with Crippen molar-refractivity contribution in [2.45, 2.75) is 33.2 Å². The van der Waals surface area contributed by atoms with Gasteiger partial charge in [0.15, 0.2) is 0 Å². The molecule has 2 heterocycles. The Labute approximate surface area is 124 Å². The Morgan fingerprint density at radius 2 is 2.10 bits per heavy atom. The fraction of sp³-hybridized carbons (Fsp3) is 0.500. The molecule has 0 atom stereocenters. The van der Waals surface area contributed by atoms with E-state index in [2.05, 4.69) is 26.9 Å². The number of anilines is 1. The topological polar surface area (TPSA) is 46.8 Å². The Kier molecular flexibility index (Phi) is 4.60. The van der Waals surface area contributed by atoms with Gasteiger partial charge in [0.05, 0.1) is 6.20 Å². The van der Waals surface area contributed by atoms with Crippen molar-refractivity contribution in [1.82, 2.24) is 19.7 Å². The highest BCUT2D eigenvalue weighted by Gasteiger charge is 2.13. The number of halogens is 1. The third-order valence-corrected chi connectivity index (χ3v) is 3.49. The Balaban J connectivity index is 2.25. The van der Waals surface area contributed by atoms with Crippen LogP contribution in [0.2, 0.25) is 5.15 Å². The molecule has 0 aliphatic rings. The van der Waals surface area contributed by atoms with Crippen LogP contribution in [0.25, 0.3) is 0 Å². The van der Waals surface area contributed by atoms with E-state index in [1.807, 2.05) is 33.4 Å². The van der Waals surface area contributed by atoms with Gasteiger partial charge in [-0.25, -0.2) is 9.97 Å². The molecule has 0 saturated heterocycles. The second-order valence-electron chi connectivity index (χ2n) is 5.01. The van der Waals surface area contributed by atoms with E-state index in [-0.39, 0.29) is 0 Å². The third kappa shape index (κ3) is 3.28. The molecule has 108 valence electrons. The molecule has 2 rings (SSSR count). The summed E-state index contributed by atoms with van der Waals surface area (Å²) in [5.41, 5.74) is 2.05. The predicted molar refractivity (Wildman–Crippen MR) is 81.1 cm³/mol. The maximum Gasteiger partial charge on any atom is 0.137 e. The molecule has 0 bridgehead atoms. The summed E-state index contributed by atoms with van der Waals surface area (Å²) in [7, 11) is 3.92. The monoisotopic (exact) mass is 293 g/mol. The summed E-state index contributed by atoms with van der Waals surface area (Å²) in [5.74, 6) is 1.69. The quantitative estimate of drug-likeness (QED) is 0.795. The SMILES string of the molecule is CCCc1nc(Cl)c(C)c(N(C)Cc2cnn(C)c2)n1. The van der Waals surface area contributed by atoms with Gasteiger partial charge in [0.25, 0.3) is 0 Å². The smallest absolute Gasteiger partial charge is 0.137 e. The van der Waals surface area contributed by atoms with Crippen molar-refractivity contribution in [3.05, 3.63) is 34.5 Å². The van der Waals surface area contributed by atoms with E-state index in [0.29, 0.717) is 5.15 Å². The Hall–Kier alpha value is -1.62. The zero-order chi connectivity index (χ0) is 14.7. The molecule has 6 heteroatoms. The highest BCUT2D eigenvalue weighted by molar-refractivity contribution is 6.30. The Morgan fingerprint density at radius 3 is 2.70 bits per heavy atom. The molecule has 0 amide bonds. The van der Waals surface area contributed by atoms with Gasteiger partial charge < -0.3 is 4.90 Å². The van der Waals surface area contributed by atoms with Crippen molar-refractivity contribution in [3.63, 3.8) is 0 Å². The van der Waals surface area contributed by atoms with Crippen LogP contribution in [-0.4, -0.2) is 26.8 Å². The number of hydrogen-bond acceptors (Lipinski definition) is 4. The first kappa shape index (κ1) is 14.8. The van der Waals surface area contributed by atoms with E-state index < -0.39 is 0 Å². The average Bonchev–Trinajstić information content (AvgIpc) is 2.79. The van der Waals surface area contributed by atoms with Gasteiger partial charge in [-0.05, 0) is 13.3 Å². The van der Waals surface area contributed by atoms with Crippen molar-refractivity contribution < 1.29 is 0 Å². The number of aromatic nitrogens is 4. The van der Waals surface area contributed by atoms with E-state index in [1.54, 1.807) is 4.68 Å². The summed E-state index contributed by atoms with van der Waals surface area (Å²) in [6.07, 6.45) is 5.71. The van der Waals surface area contributed by atoms with Crippen LogP contribution >= 0.6 is 11.6 Å². The largest absolute Gasteiger partial charge is 0.355 e. The molecule has 0 saturated carbocycles. The van der Waals surface area contributed by atoms with E-state index in [4.69, 9.17) is 11.6 Å². The molecule has 0 aliphatic heterocycles. The normalized spacial score (nSPS) is 10.8. The summed E-state index contributed by atoms with van der Waals surface area (Å²) in [6.45, 7) is 4.80. The molecule has 2 aromatic heterocycles. The number of hydrogen-bond donors (Lipinski definition) is 0. The first-order chi connectivity index (χ1) is 9.51. The van der Waals surface area contributed by atoms with Gasteiger partial charge in [0, 0.05) is 44.4 Å². The van der Waals surface area contributed by atoms with Crippen LogP contribution in [0.15, 0.2) is 12.4 Å². The zero-order valence-corrected chi connectivity index (χ0v) is 13.1. The average molecular weight is 294 g/mol. The molecular weight excluding hydrogens is 274 g/mol. The minimum atomic E-state index is 0.538. The van der Waals surface area contributed by atoms with Crippen LogP contribution in [0.1, 0.15) is 30.3 Å². The summed E-state index contributed by atoms with van der Waals surface area (Å²) in [4.78, 5) is 11.0. The Bertz CT molecular complexity index is 593. The van der Waals surface area contributed by atoms with Gasteiger partial charge in [-0.3, -0.25) is 4.68 Å². The van der Waals surface area contributed by atoms with Crippen LogP contribution in [0.4, 0.5) is 5.82 Å². The maximum atomic E-state index is 6.21. The number of rotatable bonds is 5. The van der Waals surface area contributed by atoms with Crippen molar-refractivity contribution in [3.8, 4) is 0 Å². The molecule has 0 aromatic carbocycles. The summed E-state index contributed by atoms with van der Waals surface area (Å²) in [6, 6.07) is 0. The first-order valence-corrected chi connectivity index (χ1v) is 7.10. The Morgan fingerprint density at radius 1 is 1.35 bits per heavy atom. The van der Waals surface area contributed by atoms with Crippen LogP contribution in [0.3, 0.4) is 0 Å². The van der Waals surface area contributed by atoms with Crippen LogP contribution < -0.4 is 4.90 Å². The minimum absolute atomic E-state index is 0.538. The van der Waals surface area contributed by atoms with Gasteiger partial charge in [0.2, 0.25) is 0 Å². The van der Waals surface area contributed by atoms with Gasteiger partial charge in [0.1, 0.15) is 16.8 Å². The lowest BCUT2D eigenvalue weighted by Crippen LogP contribution is -2.20. The zero-order valence-electron chi connectivity index (χ0n) is 12.4. The lowest BCUT2D eigenvalue weighted by atomic mass is 10.2. The van der Waals surface area contributed by atoms with Crippen LogP contribution in [0.5, 0.6) is 0 Å². The molecule has 0 N–H and O–H groups in total. The standard InChI is InChI=1S/C14H20ClN5/c1-5-6-12-17-13(15)10(2)14(18-12)19(3)8-11-7-16-20(4)9-11/h7,9H,5-6,8H2,1-4H3. The number of aryl methyl sites for hydroxylation is 2. The van der Waals surface area contributed by atoms with Gasteiger partial charge in [-0.1, -0.05) is 18.5 Å². The number of nitrogens with zero attached hydrogens (tertiary/aromatic N) is 5. The molecule has 0 aliphatic carbocycles. The second-order valence-corrected chi connectivity index (χ2v) is 5.37. The molecule has 2 aromatic rings. The third-order valence-electron chi connectivity index (χ3n) is 3.12. The molecule has 0 spiro atoms. The van der Waals surface area contributed by atoms with E-state index in [1.165, 1.54) is 0 Å². The molecule has 20 heavy (non-hydrogen) atoms. The first-order valence-electron chi connectivity index (χ1n) is 6.73. The highest BCUT2D eigenvalue weighted by Crippen LogP contribution is 2.24. The van der Waals surface area contributed by atoms with E-state index in [9.17, 15) is 0 Å². The lowest BCUT2D eigenvalue weighted by Gasteiger charge is -2.20. The molecule has 0 radical (unpaired) electrons. The second kappa shape index (κ2) is 6.22. The summed E-state index contributed by atoms with van der Waals surface area (Å²) >= 11 is 6.21.